The van der Waals surface area contributed by atoms with Gasteiger partial charge in [-0.2, -0.15) is 5.10 Å². The molecule has 3 aromatic carbocycles. The average molecular weight is 562 g/mol. The van der Waals surface area contributed by atoms with Gasteiger partial charge in [-0.3, -0.25) is 4.68 Å². The van der Waals surface area contributed by atoms with Crippen LogP contribution in [0.4, 0.5) is 0 Å². The van der Waals surface area contributed by atoms with Crippen LogP contribution in [0.3, 0.4) is 0 Å². The normalized spacial score (nSPS) is 13.1. The zero-order valence-corrected chi connectivity index (χ0v) is 24.7. The summed E-state index contributed by atoms with van der Waals surface area (Å²) in [6, 6.07) is 15.8. The molecule has 1 N–H and O–H groups in total. The molecule has 8 heteroatoms. The third-order valence-electron chi connectivity index (χ3n) is 6.69. The van der Waals surface area contributed by atoms with Gasteiger partial charge in [0, 0.05) is 34.1 Å². The van der Waals surface area contributed by atoms with Crippen molar-refractivity contribution >= 4 is 50.0 Å². The van der Waals surface area contributed by atoms with Crippen LogP contribution in [0.15, 0.2) is 48.5 Å². The zero-order valence-electron chi connectivity index (χ0n) is 23.2. The monoisotopic (exact) mass is 561 g/mol. The van der Waals surface area contributed by atoms with Crippen molar-refractivity contribution in [2.75, 3.05) is 0 Å². The number of aryl methyl sites for hydroxylation is 2. The van der Waals surface area contributed by atoms with Crippen molar-refractivity contribution < 1.29 is 14.6 Å². The van der Waals surface area contributed by atoms with Crippen LogP contribution < -0.4 is 0 Å². The highest BCUT2D eigenvalue weighted by Gasteiger charge is 2.32. The average Bonchev–Trinajstić information content (AvgIpc) is 3.42. The van der Waals surface area contributed by atoms with Crippen LogP contribution in [-0.2, 0) is 16.6 Å². The molecule has 0 radical (unpaired) electrons. The van der Waals surface area contributed by atoms with Gasteiger partial charge in [-0.15, -0.1) is 11.3 Å². The van der Waals surface area contributed by atoms with E-state index in [0.29, 0.717) is 10.6 Å². The van der Waals surface area contributed by atoms with Gasteiger partial charge in [0.25, 0.3) is 0 Å². The van der Waals surface area contributed by atoms with Crippen molar-refractivity contribution in [2.24, 2.45) is 7.05 Å². The molecule has 0 spiro atoms. The first-order valence-corrected chi connectivity index (χ1v) is 14.1. The number of nitrogens with zero attached hydrogens (tertiary/aromatic N) is 3. The first-order valence-electron chi connectivity index (χ1n) is 12.9. The van der Waals surface area contributed by atoms with E-state index < -0.39 is 17.7 Å². The molecule has 0 saturated carbocycles. The first kappa shape index (κ1) is 27.3. The highest BCUT2D eigenvalue weighted by atomic mass is 35.5. The fourth-order valence-corrected chi connectivity index (χ4v) is 6.26. The summed E-state index contributed by atoms with van der Waals surface area (Å²) < 4.78 is 8.96. The molecule has 0 bridgehead atoms. The van der Waals surface area contributed by atoms with Crippen LogP contribution in [0.2, 0.25) is 5.02 Å². The number of carboxylic acids is 1. The third kappa shape index (κ3) is 5.19. The predicted molar refractivity (Wildman–Crippen MR) is 160 cm³/mol. The summed E-state index contributed by atoms with van der Waals surface area (Å²) in [5.41, 5.74) is 6.41. The number of hydrogen-bond donors (Lipinski definition) is 1. The van der Waals surface area contributed by atoms with Crippen molar-refractivity contribution in [2.45, 2.75) is 59.2 Å². The highest BCUT2D eigenvalue weighted by molar-refractivity contribution is 7.22. The molecule has 0 fully saturated rings. The van der Waals surface area contributed by atoms with Crippen molar-refractivity contribution in [3.05, 3.63) is 70.4 Å². The Bertz CT molecular complexity index is 1710. The molecular formula is C31H32ClN3O3S. The molecule has 6 nitrogen and oxygen atoms in total. The van der Waals surface area contributed by atoms with Gasteiger partial charge in [0.15, 0.2) is 6.10 Å². The Hall–Kier alpha value is -3.26. The van der Waals surface area contributed by atoms with Crippen LogP contribution in [0.25, 0.3) is 42.8 Å². The minimum Gasteiger partial charge on any atom is -0.479 e. The van der Waals surface area contributed by atoms with Crippen molar-refractivity contribution in [3.8, 4) is 21.7 Å². The van der Waals surface area contributed by atoms with E-state index in [1.54, 1.807) is 11.3 Å². The number of carbonyl (C=O) groups is 1. The molecule has 0 unspecified atom stereocenters. The number of ether oxygens (including phenoxy) is 1. The van der Waals surface area contributed by atoms with Gasteiger partial charge < -0.3 is 9.84 Å². The molecule has 0 aliphatic heterocycles. The third-order valence-corrected chi connectivity index (χ3v) is 8.08. The summed E-state index contributed by atoms with van der Waals surface area (Å²) in [5.74, 6) is -0.743. The van der Waals surface area contributed by atoms with Gasteiger partial charge in [-0.1, -0.05) is 37.6 Å². The SMILES string of the molecule is Cc1cc2nc(-c3ccc4c(c3)c(C(C)C)nn4C)sc2c(-c2ccc(Cl)cc2)c1[C@H](OC(C)(C)C)C(=O)O. The number of hydrogen-bond acceptors (Lipinski definition) is 5. The van der Waals surface area contributed by atoms with E-state index in [2.05, 4.69) is 32.0 Å². The van der Waals surface area contributed by atoms with Gasteiger partial charge >= 0.3 is 5.97 Å². The fourth-order valence-electron chi connectivity index (χ4n) is 5.01. The number of fused-ring (bicyclic) bond motifs is 2. The van der Waals surface area contributed by atoms with Crippen LogP contribution in [0, 0.1) is 6.92 Å². The molecule has 202 valence electrons. The lowest BCUT2D eigenvalue weighted by atomic mass is 9.91. The lowest BCUT2D eigenvalue weighted by Crippen LogP contribution is -2.28. The van der Waals surface area contributed by atoms with Gasteiger partial charge in [0.2, 0.25) is 0 Å². The summed E-state index contributed by atoms with van der Waals surface area (Å²) in [7, 11) is 1.97. The number of thiazole rings is 1. The van der Waals surface area contributed by atoms with E-state index in [0.717, 1.165) is 54.1 Å². The fraction of sp³-hybridized carbons (Fsp3) is 0.323. The van der Waals surface area contributed by atoms with Gasteiger partial charge in [0.1, 0.15) is 5.01 Å². The molecule has 0 aliphatic carbocycles. The second-order valence-corrected chi connectivity index (χ2v) is 12.6. The molecule has 0 saturated heterocycles. The molecule has 0 aliphatic rings. The number of halogens is 1. The van der Waals surface area contributed by atoms with Crippen molar-refractivity contribution in [3.63, 3.8) is 0 Å². The topological polar surface area (TPSA) is 77.2 Å². The second kappa shape index (κ2) is 10.0. The highest BCUT2D eigenvalue weighted by Crippen LogP contribution is 2.44. The second-order valence-electron chi connectivity index (χ2n) is 11.2. The molecule has 5 rings (SSSR count). The van der Waals surface area contributed by atoms with Crippen LogP contribution >= 0.6 is 22.9 Å². The Morgan fingerprint density at radius 1 is 1.08 bits per heavy atom. The molecule has 0 amide bonds. The molecular weight excluding hydrogens is 530 g/mol. The van der Waals surface area contributed by atoms with E-state index in [-0.39, 0.29) is 5.92 Å². The summed E-state index contributed by atoms with van der Waals surface area (Å²) >= 11 is 7.78. The Morgan fingerprint density at radius 2 is 1.74 bits per heavy atom. The van der Waals surface area contributed by atoms with Crippen LogP contribution in [0.1, 0.15) is 63.5 Å². The maximum Gasteiger partial charge on any atom is 0.337 e. The zero-order chi connectivity index (χ0) is 28.2. The maximum absolute atomic E-state index is 12.6. The number of aromatic nitrogens is 3. The van der Waals surface area contributed by atoms with Crippen LogP contribution in [0.5, 0.6) is 0 Å². The first-order chi connectivity index (χ1) is 18.3. The Kier molecular flexibility index (Phi) is 7.04. The van der Waals surface area contributed by atoms with Crippen molar-refractivity contribution in [1.29, 1.82) is 0 Å². The van der Waals surface area contributed by atoms with E-state index in [1.807, 2.05) is 69.8 Å². The van der Waals surface area contributed by atoms with Gasteiger partial charge in [-0.05, 0) is 81.1 Å². The number of rotatable bonds is 6. The lowest BCUT2D eigenvalue weighted by Gasteiger charge is -2.28. The smallest absolute Gasteiger partial charge is 0.337 e. The maximum atomic E-state index is 12.6. The molecule has 2 heterocycles. The Morgan fingerprint density at radius 3 is 2.36 bits per heavy atom. The predicted octanol–water partition coefficient (Wildman–Crippen LogP) is 8.54. The number of benzene rings is 3. The van der Waals surface area contributed by atoms with E-state index in [4.69, 9.17) is 26.4 Å². The minimum atomic E-state index is -1.15. The van der Waals surface area contributed by atoms with E-state index in [1.165, 1.54) is 0 Å². The lowest BCUT2D eigenvalue weighted by molar-refractivity contribution is -0.160. The van der Waals surface area contributed by atoms with Gasteiger partial charge in [-0.25, -0.2) is 9.78 Å². The Balaban J connectivity index is 1.78. The molecule has 39 heavy (non-hydrogen) atoms. The molecule has 2 aromatic heterocycles. The molecule has 1 atom stereocenters. The van der Waals surface area contributed by atoms with Crippen molar-refractivity contribution in [1.82, 2.24) is 14.8 Å². The van der Waals surface area contributed by atoms with E-state index in [9.17, 15) is 9.90 Å². The summed E-state index contributed by atoms with van der Waals surface area (Å²) in [4.78, 5) is 17.6. The van der Waals surface area contributed by atoms with Gasteiger partial charge in [0.05, 0.1) is 27.0 Å². The quantitative estimate of drug-likeness (QED) is 0.225. The minimum absolute atomic E-state index is 0.289. The largest absolute Gasteiger partial charge is 0.479 e. The summed E-state index contributed by atoms with van der Waals surface area (Å²) in [6.45, 7) is 11.8. The standard InChI is InChI=1S/C31H32ClN3O3S/c1-16(2)26-21-15-19(10-13-23(21)35(7)34-26)29-33-22-14-17(3)24(27(30(36)37)38-31(4,5)6)25(28(22)39-29)18-8-11-20(32)12-9-18/h8-16,27H,1-7H3,(H,36,37)/t27-/m0/s1. The number of carboxylic acid groups (broad SMARTS) is 1. The summed E-state index contributed by atoms with van der Waals surface area (Å²) in [6.07, 6.45) is -1.15. The summed E-state index contributed by atoms with van der Waals surface area (Å²) in [5, 5.41) is 17.6. The number of aliphatic carboxylic acids is 1. The van der Waals surface area contributed by atoms with E-state index >= 15 is 0 Å². The van der Waals surface area contributed by atoms with Crippen LogP contribution in [-0.4, -0.2) is 31.4 Å². The molecule has 5 aromatic rings. The Labute approximate surface area is 237 Å².